The number of aromatic nitrogens is 2. The molecule has 1 amide bonds. The molecule has 2 fully saturated rings. The molecule has 2 N–H and O–H groups in total. The number of carboxylic acids is 1. The Labute approximate surface area is 245 Å². The minimum atomic E-state index is -5.58. The standard InChI is InChI=1S/C26H27F9N4O3.ClH/c27-23(28)13-38(14-24(29,30)26(23,34)35)10-9-15(11-21(40)41)36-22(42)19-12-20(39(37-19)16-5-1-2-6-16)17-7-3-4-8-18(17)25(31,32)33;/h3-4,7-8,12,15-16H,1-2,5-6,9-11,13-14H2,(H,36,42)(H,40,41);1H/t15-;/m0./s1. The van der Waals surface area contributed by atoms with Gasteiger partial charge in [0.1, 0.15) is 0 Å². The molecule has 2 heterocycles. The summed E-state index contributed by atoms with van der Waals surface area (Å²) in [7, 11) is 0. The number of amides is 1. The average molecular weight is 651 g/mol. The third-order valence-electron chi connectivity index (χ3n) is 7.46. The van der Waals surface area contributed by atoms with Gasteiger partial charge in [0.2, 0.25) is 0 Å². The normalized spacial score (nSPS) is 20.8. The van der Waals surface area contributed by atoms with E-state index in [-0.39, 0.29) is 35.4 Å². The zero-order valence-corrected chi connectivity index (χ0v) is 23.1. The molecule has 17 heteroatoms. The van der Waals surface area contributed by atoms with Crippen LogP contribution < -0.4 is 5.32 Å². The van der Waals surface area contributed by atoms with Gasteiger partial charge in [-0.25, -0.2) is 0 Å². The Hall–Kier alpha value is -3.01. The predicted molar refractivity (Wildman–Crippen MR) is 137 cm³/mol. The molecular weight excluding hydrogens is 623 g/mol. The number of piperidine rings is 1. The number of nitrogens with one attached hydrogen (secondary N) is 1. The average Bonchev–Trinajstić information content (AvgIpc) is 3.55. The summed E-state index contributed by atoms with van der Waals surface area (Å²) in [6.07, 6.45) is -3.23. The van der Waals surface area contributed by atoms with E-state index < -0.39 is 79.9 Å². The molecule has 1 aliphatic heterocycles. The van der Waals surface area contributed by atoms with E-state index in [0.29, 0.717) is 17.7 Å². The second-order valence-corrected chi connectivity index (χ2v) is 10.6. The molecule has 0 spiro atoms. The van der Waals surface area contributed by atoms with E-state index in [1.165, 1.54) is 22.9 Å². The summed E-state index contributed by atoms with van der Waals surface area (Å²) in [6.45, 7) is -4.10. The van der Waals surface area contributed by atoms with Crippen LogP contribution in [0.1, 0.15) is 60.6 Å². The molecule has 2 aliphatic rings. The van der Waals surface area contributed by atoms with Crippen molar-refractivity contribution < 1.29 is 54.2 Å². The van der Waals surface area contributed by atoms with Crippen LogP contribution >= 0.6 is 12.4 Å². The monoisotopic (exact) mass is 650 g/mol. The van der Waals surface area contributed by atoms with Gasteiger partial charge < -0.3 is 10.4 Å². The lowest BCUT2D eigenvalue weighted by atomic mass is 9.97. The molecule has 1 atom stereocenters. The number of carboxylic acid groups (broad SMARTS) is 1. The first kappa shape index (κ1) is 34.5. The first-order valence-electron chi connectivity index (χ1n) is 13.1. The van der Waals surface area contributed by atoms with Crippen LogP contribution in [0.3, 0.4) is 0 Å². The molecule has 43 heavy (non-hydrogen) atoms. The molecule has 0 radical (unpaired) electrons. The largest absolute Gasteiger partial charge is 0.481 e. The molecular formula is C26H28ClF9N4O3. The number of alkyl halides is 9. The fraction of sp³-hybridized carbons (Fsp3) is 0.577. The molecule has 0 bridgehead atoms. The quantitative estimate of drug-likeness (QED) is 0.312. The maximum absolute atomic E-state index is 13.8. The van der Waals surface area contributed by atoms with E-state index in [2.05, 4.69) is 10.4 Å². The zero-order valence-electron chi connectivity index (χ0n) is 22.3. The number of rotatable bonds is 9. The third kappa shape index (κ3) is 7.21. The predicted octanol–water partition coefficient (Wildman–Crippen LogP) is 6.29. The molecule has 0 unspecified atom stereocenters. The van der Waals surface area contributed by atoms with E-state index in [0.717, 1.165) is 25.0 Å². The zero-order chi connectivity index (χ0) is 31.1. The van der Waals surface area contributed by atoms with Gasteiger partial charge in [0, 0.05) is 18.2 Å². The number of carbonyl (C=O) groups is 2. The highest BCUT2D eigenvalue weighted by molar-refractivity contribution is 5.94. The van der Waals surface area contributed by atoms with E-state index >= 15 is 0 Å². The molecule has 1 saturated heterocycles. The van der Waals surface area contributed by atoms with E-state index in [4.69, 9.17) is 0 Å². The first-order valence-corrected chi connectivity index (χ1v) is 13.1. The van der Waals surface area contributed by atoms with Crippen molar-refractivity contribution in [3.8, 4) is 11.3 Å². The van der Waals surface area contributed by atoms with Crippen LogP contribution in [0.25, 0.3) is 11.3 Å². The summed E-state index contributed by atoms with van der Waals surface area (Å²) < 4.78 is 125. The highest BCUT2D eigenvalue weighted by Crippen LogP contribution is 2.49. The summed E-state index contributed by atoms with van der Waals surface area (Å²) in [5, 5.41) is 15.8. The number of likely N-dealkylation sites (tertiary alicyclic amines) is 1. The minimum Gasteiger partial charge on any atom is -0.481 e. The van der Waals surface area contributed by atoms with Gasteiger partial charge in [-0.05, 0) is 31.4 Å². The molecule has 240 valence electrons. The molecule has 1 aliphatic carbocycles. The summed E-state index contributed by atoms with van der Waals surface area (Å²) in [4.78, 5) is 24.9. The van der Waals surface area contributed by atoms with Gasteiger partial charge >= 0.3 is 29.9 Å². The van der Waals surface area contributed by atoms with Crippen molar-refractivity contribution in [1.29, 1.82) is 0 Å². The lowest BCUT2D eigenvalue weighted by Crippen LogP contribution is -2.67. The van der Waals surface area contributed by atoms with Crippen LogP contribution in [0, 0.1) is 0 Å². The van der Waals surface area contributed by atoms with Crippen LogP contribution in [0.4, 0.5) is 39.5 Å². The van der Waals surface area contributed by atoms with Crippen molar-refractivity contribution in [1.82, 2.24) is 20.0 Å². The Bertz CT molecular complexity index is 1290. The Morgan fingerprint density at radius 2 is 1.60 bits per heavy atom. The number of hydrogen-bond donors (Lipinski definition) is 2. The number of carbonyl (C=O) groups excluding carboxylic acids is 1. The van der Waals surface area contributed by atoms with Crippen LogP contribution in [-0.2, 0) is 11.0 Å². The van der Waals surface area contributed by atoms with Crippen molar-refractivity contribution in [2.45, 2.75) is 74.6 Å². The van der Waals surface area contributed by atoms with Gasteiger partial charge in [-0.1, -0.05) is 31.0 Å². The Kier molecular flexibility index (Phi) is 10.1. The SMILES string of the molecule is Cl.O=C(O)C[C@H](CCN1CC(F)(F)C(F)(F)C(F)(F)C1)NC(=O)c1cc(-c2ccccc2C(F)(F)F)n(C2CCCC2)n1. The van der Waals surface area contributed by atoms with Crippen LogP contribution in [0.15, 0.2) is 30.3 Å². The van der Waals surface area contributed by atoms with Gasteiger partial charge in [-0.3, -0.25) is 19.2 Å². The number of halogens is 10. The topological polar surface area (TPSA) is 87.5 Å². The summed E-state index contributed by atoms with van der Waals surface area (Å²) in [5.41, 5.74) is -1.52. The van der Waals surface area contributed by atoms with Crippen LogP contribution in [0.2, 0.25) is 0 Å². The number of nitrogens with zero attached hydrogens (tertiary/aromatic N) is 3. The molecule has 2 aromatic rings. The van der Waals surface area contributed by atoms with Crippen molar-refractivity contribution in [3.63, 3.8) is 0 Å². The second kappa shape index (κ2) is 12.5. The first-order chi connectivity index (χ1) is 19.4. The van der Waals surface area contributed by atoms with Crippen molar-refractivity contribution in [2.75, 3.05) is 19.6 Å². The fourth-order valence-corrected chi connectivity index (χ4v) is 5.36. The van der Waals surface area contributed by atoms with E-state index in [1.54, 1.807) is 0 Å². The van der Waals surface area contributed by atoms with Crippen molar-refractivity contribution >= 4 is 24.3 Å². The molecule has 1 aromatic heterocycles. The highest BCUT2D eigenvalue weighted by Gasteiger charge is 2.74. The number of benzene rings is 1. The maximum atomic E-state index is 13.8. The molecule has 1 aromatic carbocycles. The minimum absolute atomic E-state index is 0. The van der Waals surface area contributed by atoms with Gasteiger partial charge in [-0.15, -0.1) is 12.4 Å². The maximum Gasteiger partial charge on any atom is 0.417 e. The molecule has 4 rings (SSSR count). The van der Waals surface area contributed by atoms with Gasteiger partial charge in [-0.2, -0.15) is 44.6 Å². The summed E-state index contributed by atoms with van der Waals surface area (Å²) >= 11 is 0. The fourth-order valence-electron chi connectivity index (χ4n) is 5.36. The lowest BCUT2D eigenvalue weighted by molar-refractivity contribution is -0.338. The van der Waals surface area contributed by atoms with E-state index in [9.17, 15) is 54.2 Å². The van der Waals surface area contributed by atoms with Gasteiger partial charge in [0.15, 0.2) is 5.69 Å². The number of hydrogen-bond acceptors (Lipinski definition) is 4. The van der Waals surface area contributed by atoms with Crippen molar-refractivity contribution in [2.24, 2.45) is 0 Å². The lowest BCUT2D eigenvalue weighted by Gasteiger charge is -2.43. The summed E-state index contributed by atoms with van der Waals surface area (Å²) in [6, 6.07) is 4.20. The highest BCUT2D eigenvalue weighted by atomic mass is 35.5. The molecule has 1 saturated carbocycles. The number of aliphatic carboxylic acids is 1. The Balaban J connectivity index is 0.00000506. The molecule has 7 nitrogen and oxygen atoms in total. The third-order valence-corrected chi connectivity index (χ3v) is 7.46. The van der Waals surface area contributed by atoms with Crippen molar-refractivity contribution in [3.05, 3.63) is 41.6 Å². The van der Waals surface area contributed by atoms with Crippen LogP contribution in [0.5, 0.6) is 0 Å². The van der Waals surface area contributed by atoms with E-state index in [1.807, 2.05) is 0 Å². The summed E-state index contributed by atoms with van der Waals surface area (Å²) in [5.74, 6) is -18.1. The van der Waals surface area contributed by atoms with Gasteiger partial charge in [0.05, 0.1) is 36.8 Å². The smallest absolute Gasteiger partial charge is 0.417 e. The second-order valence-electron chi connectivity index (χ2n) is 10.6. The van der Waals surface area contributed by atoms with Gasteiger partial charge in [0.25, 0.3) is 5.91 Å². The van der Waals surface area contributed by atoms with Crippen LogP contribution in [-0.4, -0.2) is 75.1 Å². The Morgan fingerprint density at radius 3 is 2.16 bits per heavy atom. The Morgan fingerprint density at radius 1 is 1.02 bits per heavy atom.